The molecule has 49 heavy (non-hydrogen) atoms. The summed E-state index contributed by atoms with van der Waals surface area (Å²) in [6, 6.07) is 13.1. The van der Waals surface area contributed by atoms with Crippen molar-refractivity contribution in [2.45, 2.75) is 13.1 Å². The fourth-order valence-corrected chi connectivity index (χ4v) is 4.50. The van der Waals surface area contributed by atoms with Crippen molar-refractivity contribution in [2.24, 2.45) is 0 Å². The Morgan fingerprint density at radius 3 is 1.27 bits per heavy atom. The Kier molecular flexibility index (Phi) is 10.6. The van der Waals surface area contributed by atoms with Gasteiger partial charge in [-0.15, -0.1) is 12.4 Å². The third-order valence-electron chi connectivity index (χ3n) is 6.91. The molecule has 0 aliphatic heterocycles. The highest BCUT2D eigenvalue weighted by Gasteiger charge is 2.12. The van der Waals surface area contributed by atoms with Gasteiger partial charge in [0.15, 0.2) is 34.0 Å². The average molecular weight is 687 g/mol. The smallest absolute Gasteiger partial charge is 0.335 e. The Labute approximate surface area is 284 Å². The fraction of sp³-hybridized carbons (Fsp3) is 0.133. The van der Waals surface area contributed by atoms with Crippen LogP contribution in [-0.4, -0.2) is 76.1 Å². The van der Waals surface area contributed by atoms with Crippen molar-refractivity contribution in [3.63, 3.8) is 0 Å². The van der Waals surface area contributed by atoms with Gasteiger partial charge in [0.05, 0.1) is 48.0 Å². The minimum atomic E-state index is -0.959. The molecular weight excluding hydrogens is 656 g/mol. The highest BCUT2D eigenvalue weighted by molar-refractivity contribution is 5.88. The highest BCUT2D eigenvalue weighted by Crippen LogP contribution is 2.20. The van der Waals surface area contributed by atoms with E-state index in [4.69, 9.17) is 33.1 Å². The van der Waals surface area contributed by atoms with Crippen LogP contribution in [0.5, 0.6) is 0 Å². The second kappa shape index (κ2) is 14.8. The van der Waals surface area contributed by atoms with Gasteiger partial charge < -0.3 is 42.9 Å². The number of hydrogen-bond donors (Lipinski definition) is 6. The monoisotopic (exact) mass is 686 g/mol. The number of carboxylic acid groups (broad SMARTS) is 2. The van der Waals surface area contributed by atoms with E-state index in [0.717, 1.165) is 11.4 Å². The van der Waals surface area contributed by atoms with Crippen LogP contribution in [0.1, 0.15) is 32.1 Å². The first kappa shape index (κ1) is 35.2. The van der Waals surface area contributed by atoms with Gasteiger partial charge in [-0.05, 0) is 48.5 Å². The van der Waals surface area contributed by atoms with Gasteiger partial charge in [-0.2, -0.15) is 19.9 Å². The van der Waals surface area contributed by atoms with Gasteiger partial charge >= 0.3 is 11.9 Å². The minimum Gasteiger partial charge on any atom is -0.478 e. The predicted molar refractivity (Wildman–Crippen MR) is 186 cm³/mol. The number of rotatable bonds is 8. The number of aromatic nitrogens is 8. The minimum absolute atomic E-state index is 0. The van der Waals surface area contributed by atoms with Gasteiger partial charge in [0, 0.05) is 25.5 Å². The van der Waals surface area contributed by atoms with Crippen LogP contribution < -0.4 is 32.7 Å². The Bertz CT molecular complexity index is 1980. The van der Waals surface area contributed by atoms with Gasteiger partial charge in [0.1, 0.15) is 0 Å². The molecule has 6 aromatic rings. The number of carboxylic acids is 2. The summed E-state index contributed by atoms with van der Waals surface area (Å²) < 4.78 is 0. The topological polar surface area (TPSA) is 288 Å². The predicted octanol–water partition coefficient (Wildman–Crippen LogP) is 2.26. The number of anilines is 6. The second-order valence-corrected chi connectivity index (χ2v) is 10.4. The number of nitrogen functional groups attached to an aromatic ring is 4. The number of carbonyl (C=O) groups is 2. The zero-order valence-corrected chi connectivity index (χ0v) is 26.9. The average Bonchev–Trinajstić information content (AvgIpc) is 3.05. The Morgan fingerprint density at radius 2 is 0.939 bits per heavy atom. The third-order valence-corrected chi connectivity index (χ3v) is 6.91. The molecule has 4 aromatic heterocycles. The lowest BCUT2D eigenvalue weighted by Crippen LogP contribution is -2.18. The molecule has 0 spiro atoms. The normalized spacial score (nSPS) is 10.5. The molecule has 0 aliphatic rings. The lowest BCUT2D eigenvalue weighted by Gasteiger charge is -2.19. The van der Waals surface area contributed by atoms with Crippen LogP contribution in [0, 0.1) is 0 Å². The Morgan fingerprint density at radius 1 is 0.592 bits per heavy atom. The number of aromatic carboxylic acids is 2. The number of fused-ring (bicyclic) bond motifs is 2. The van der Waals surface area contributed by atoms with Crippen LogP contribution in [0.25, 0.3) is 22.3 Å². The molecule has 0 atom stereocenters. The Balaban J connectivity index is 0.000000216. The van der Waals surface area contributed by atoms with Crippen molar-refractivity contribution in [3.05, 3.63) is 83.4 Å². The maximum absolute atomic E-state index is 10.9. The molecule has 0 amide bonds. The summed E-state index contributed by atoms with van der Waals surface area (Å²) in [7, 11) is 3.73. The van der Waals surface area contributed by atoms with Crippen molar-refractivity contribution in [2.75, 3.05) is 46.8 Å². The van der Waals surface area contributed by atoms with Crippen LogP contribution in [0.3, 0.4) is 0 Å². The summed E-state index contributed by atoms with van der Waals surface area (Å²) in [6.07, 6.45) is 3.19. The summed E-state index contributed by atoms with van der Waals surface area (Å²) in [6.45, 7) is 0.915. The molecule has 0 fully saturated rings. The largest absolute Gasteiger partial charge is 0.478 e. The maximum Gasteiger partial charge on any atom is 0.335 e. The van der Waals surface area contributed by atoms with E-state index >= 15 is 0 Å². The molecule has 10 N–H and O–H groups in total. The quantitative estimate of drug-likeness (QED) is 0.134. The SMILES string of the molecule is CN(Cc1cnc2nc(N)nc(N)c2n1)c1ccc(C(=O)O)cc1.CN(Cc1cnc2nc(N)nc(N)c2n1)c1ccc(C(=O)O)cc1.Cl. The van der Waals surface area contributed by atoms with Crippen molar-refractivity contribution >= 4 is 81.6 Å². The van der Waals surface area contributed by atoms with Crippen LogP contribution in [0.2, 0.25) is 0 Å². The van der Waals surface area contributed by atoms with E-state index in [1.54, 1.807) is 60.9 Å². The van der Waals surface area contributed by atoms with E-state index in [0.29, 0.717) is 46.8 Å². The lowest BCUT2D eigenvalue weighted by atomic mass is 10.2. The number of benzene rings is 2. The van der Waals surface area contributed by atoms with Gasteiger partial charge in [0.25, 0.3) is 0 Å². The van der Waals surface area contributed by atoms with Crippen LogP contribution in [0.4, 0.5) is 34.9 Å². The molecule has 0 saturated carbocycles. The highest BCUT2D eigenvalue weighted by atomic mass is 35.5. The first-order valence-electron chi connectivity index (χ1n) is 14.1. The van der Waals surface area contributed by atoms with E-state index in [1.165, 1.54) is 0 Å². The number of halogens is 1. The molecular formula is C30H31ClN14O4. The van der Waals surface area contributed by atoms with E-state index in [-0.39, 0.29) is 47.1 Å². The summed E-state index contributed by atoms with van der Waals surface area (Å²) in [5, 5.41) is 17.9. The van der Waals surface area contributed by atoms with Gasteiger partial charge in [-0.3, -0.25) is 0 Å². The maximum atomic E-state index is 10.9. The molecule has 0 saturated heterocycles. The molecule has 0 aliphatic carbocycles. The molecule has 0 radical (unpaired) electrons. The van der Waals surface area contributed by atoms with E-state index in [2.05, 4.69) is 39.9 Å². The molecule has 0 bridgehead atoms. The van der Waals surface area contributed by atoms with Gasteiger partial charge in [0.2, 0.25) is 11.9 Å². The molecule has 19 heteroatoms. The first-order valence-corrected chi connectivity index (χ1v) is 14.1. The molecule has 6 rings (SSSR count). The zero-order chi connectivity index (χ0) is 34.5. The van der Waals surface area contributed by atoms with Crippen molar-refractivity contribution in [3.8, 4) is 0 Å². The lowest BCUT2D eigenvalue weighted by molar-refractivity contribution is 0.0686. The summed E-state index contributed by atoms with van der Waals surface area (Å²) in [5.41, 5.74) is 27.7. The summed E-state index contributed by atoms with van der Waals surface area (Å²) in [4.78, 5) is 58.6. The van der Waals surface area contributed by atoms with E-state index in [1.807, 2.05) is 23.9 Å². The van der Waals surface area contributed by atoms with Gasteiger partial charge in [-0.25, -0.2) is 29.5 Å². The molecule has 252 valence electrons. The summed E-state index contributed by atoms with van der Waals surface area (Å²) >= 11 is 0. The number of nitrogens with two attached hydrogens (primary N) is 4. The van der Waals surface area contributed by atoms with Crippen molar-refractivity contribution < 1.29 is 19.8 Å². The summed E-state index contributed by atoms with van der Waals surface area (Å²) in [5.74, 6) is -1.45. The van der Waals surface area contributed by atoms with E-state index in [9.17, 15) is 9.59 Å². The molecule has 0 unspecified atom stereocenters. The van der Waals surface area contributed by atoms with E-state index < -0.39 is 11.9 Å². The third kappa shape index (κ3) is 8.37. The molecule has 2 aromatic carbocycles. The molecule has 4 heterocycles. The second-order valence-electron chi connectivity index (χ2n) is 10.4. The Hall–Kier alpha value is -6.69. The number of hydrogen-bond acceptors (Lipinski definition) is 16. The molecule has 18 nitrogen and oxygen atoms in total. The van der Waals surface area contributed by atoms with Crippen molar-refractivity contribution in [1.29, 1.82) is 0 Å². The fourth-order valence-electron chi connectivity index (χ4n) is 4.50. The first-order chi connectivity index (χ1) is 22.9. The van der Waals surface area contributed by atoms with Gasteiger partial charge in [-0.1, -0.05) is 0 Å². The zero-order valence-electron chi connectivity index (χ0n) is 26.1. The van der Waals surface area contributed by atoms with Crippen LogP contribution in [-0.2, 0) is 13.1 Å². The standard InChI is InChI=1S/2C15H15N7O2.ClH/c2*1-22(10-4-2-8(3-5-10)14(23)24)7-9-6-18-13-11(19-9)12(16)20-15(17)21-13;/h2*2-6H,7H2,1H3,(H,23,24)(H4,16,17,18,20,21);1H. The van der Waals surface area contributed by atoms with Crippen LogP contribution in [0.15, 0.2) is 60.9 Å². The number of nitrogens with zero attached hydrogens (tertiary/aromatic N) is 10. The van der Waals surface area contributed by atoms with Crippen LogP contribution >= 0.6 is 12.4 Å². The van der Waals surface area contributed by atoms with Crippen molar-refractivity contribution in [1.82, 2.24) is 39.9 Å².